The first-order chi connectivity index (χ1) is 3.79. The number of dihydropyridines is 1. The maximum absolute atomic E-state index is 11.9. The van der Waals surface area contributed by atoms with Gasteiger partial charge in [0.2, 0.25) is 0 Å². The molecule has 0 aromatic rings. The molecule has 0 aromatic heterocycles. The lowest BCUT2D eigenvalue weighted by Crippen LogP contribution is -2.10. The Morgan fingerprint density at radius 2 is 2.00 bits per heavy atom. The van der Waals surface area contributed by atoms with Gasteiger partial charge in [-0.2, -0.15) is 0 Å². The van der Waals surface area contributed by atoms with E-state index in [1.165, 1.54) is 0 Å². The molecule has 1 radical (unpaired) electrons. The lowest BCUT2D eigenvalue weighted by Gasteiger charge is -2.03. The summed E-state index contributed by atoms with van der Waals surface area (Å²) in [5, 5.41) is 2.06. The van der Waals surface area contributed by atoms with E-state index in [4.69, 9.17) is 0 Å². The van der Waals surface area contributed by atoms with E-state index in [-0.39, 0.29) is 0 Å². The molecular formula is C5H4F2N. The van der Waals surface area contributed by atoms with Crippen LogP contribution < -0.4 is 5.32 Å². The Morgan fingerprint density at radius 3 is 2.38 bits per heavy atom. The van der Waals surface area contributed by atoms with Crippen LogP contribution in [0.25, 0.3) is 0 Å². The van der Waals surface area contributed by atoms with Gasteiger partial charge in [-0.25, -0.2) is 8.78 Å². The molecule has 1 aliphatic rings. The van der Waals surface area contributed by atoms with Crippen molar-refractivity contribution in [2.75, 3.05) is 0 Å². The second-order valence-electron chi connectivity index (χ2n) is 1.35. The fraction of sp³-hybridized carbons (Fsp3) is 0. The fourth-order valence-corrected chi connectivity index (χ4v) is 0.387. The fourth-order valence-electron chi connectivity index (χ4n) is 0.387. The highest BCUT2D eigenvalue weighted by Gasteiger charge is 2.04. The van der Waals surface area contributed by atoms with Gasteiger partial charge in [0, 0.05) is 6.20 Å². The lowest BCUT2D eigenvalue weighted by molar-refractivity contribution is 0.484. The minimum Gasteiger partial charge on any atom is -0.349 e. The second-order valence-corrected chi connectivity index (χ2v) is 1.35. The predicted molar refractivity (Wildman–Crippen MR) is 25.8 cm³/mol. The lowest BCUT2D eigenvalue weighted by atomic mass is 10.4. The van der Waals surface area contributed by atoms with E-state index in [1.54, 1.807) is 0 Å². The van der Waals surface area contributed by atoms with E-state index in [0.717, 1.165) is 18.4 Å². The van der Waals surface area contributed by atoms with Gasteiger partial charge in [-0.05, 0) is 12.2 Å². The molecule has 0 bridgehead atoms. The van der Waals surface area contributed by atoms with Gasteiger partial charge >= 0.3 is 0 Å². The smallest absolute Gasteiger partial charge is 0.256 e. The Balaban J connectivity index is 2.58. The van der Waals surface area contributed by atoms with Crippen LogP contribution in [0.4, 0.5) is 8.78 Å². The Labute approximate surface area is 45.7 Å². The molecule has 1 N–H and O–H groups in total. The third kappa shape index (κ3) is 1.05. The van der Waals surface area contributed by atoms with Crippen LogP contribution in [0, 0.1) is 6.30 Å². The Kier molecular flexibility index (Phi) is 1.28. The van der Waals surface area contributed by atoms with E-state index >= 15 is 0 Å². The van der Waals surface area contributed by atoms with Crippen molar-refractivity contribution in [2.45, 2.75) is 0 Å². The summed E-state index contributed by atoms with van der Waals surface area (Å²) >= 11 is 0. The Morgan fingerprint density at radius 1 is 1.25 bits per heavy atom. The number of halogens is 2. The van der Waals surface area contributed by atoms with Crippen molar-refractivity contribution in [1.82, 2.24) is 5.32 Å². The number of hydrogen-bond acceptors (Lipinski definition) is 1. The molecule has 0 saturated heterocycles. The number of nitrogens with one attached hydrogen (secondary N) is 1. The number of hydrogen-bond donors (Lipinski definition) is 1. The first kappa shape index (κ1) is 5.28. The van der Waals surface area contributed by atoms with Crippen molar-refractivity contribution >= 4 is 0 Å². The molecule has 0 saturated carbocycles. The van der Waals surface area contributed by atoms with Gasteiger partial charge in [-0.15, -0.1) is 0 Å². The molecule has 43 valence electrons. The molecule has 1 aliphatic heterocycles. The van der Waals surface area contributed by atoms with Crippen molar-refractivity contribution < 1.29 is 8.78 Å². The van der Waals surface area contributed by atoms with Gasteiger partial charge < -0.3 is 5.32 Å². The van der Waals surface area contributed by atoms with Gasteiger partial charge in [0.05, 0.1) is 0 Å². The van der Waals surface area contributed by atoms with E-state index in [2.05, 4.69) is 5.32 Å². The average molecular weight is 116 g/mol. The molecule has 1 heterocycles. The minimum absolute atomic E-state index is 0.466. The van der Waals surface area contributed by atoms with Gasteiger partial charge in [0.1, 0.15) is 5.83 Å². The van der Waals surface area contributed by atoms with Crippen LogP contribution >= 0.6 is 0 Å². The van der Waals surface area contributed by atoms with Gasteiger partial charge in [0.15, 0.2) is 0 Å². The average Bonchev–Trinajstić information content (AvgIpc) is 1.77. The normalized spacial score (nSPS) is 20.0. The molecule has 0 aliphatic carbocycles. The van der Waals surface area contributed by atoms with Crippen LogP contribution in [0.2, 0.25) is 0 Å². The highest BCUT2D eigenvalue weighted by Crippen LogP contribution is 2.09. The zero-order valence-corrected chi connectivity index (χ0v) is 3.99. The quantitative estimate of drug-likeness (QED) is 0.472. The van der Waals surface area contributed by atoms with Crippen LogP contribution in [0.3, 0.4) is 0 Å². The van der Waals surface area contributed by atoms with Crippen molar-refractivity contribution in [3.05, 3.63) is 30.5 Å². The summed E-state index contributed by atoms with van der Waals surface area (Å²) in [6.07, 6.45) is 2.49. The zero-order chi connectivity index (χ0) is 5.98. The highest BCUT2D eigenvalue weighted by molar-refractivity contribution is 5.21. The SMILES string of the molecule is F[C]1C=CC(F)=CN1. The molecule has 0 aromatic carbocycles. The van der Waals surface area contributed by atoms with Crippen LogP contribution in [0.15, 0.2) is 24.2 Å². The van der Waals surface area contributed by atoms with Crippen molar-refractivity contribution in [2.24, 2.45) is 0 Å². The topological polar surface area (TPSA) is 12.0 Å². The number of allylic oxidation sites excluding steroid dienone is 2. The maximum atomic E-state index is 11.9. The van der Waals surface area contributed by atoms with Crippen LogP contribution in [0.5, 0.6) is 0 Å². The van der Waals surface area contributed by atoms with E-state index in [1.807, 2.05) is 0 Å². The van der Waals surface area contributed by atoms with E-state index < -0.39 is 12.1 Å². The largest absolute Gasteiger partial charge is 0.349 e. The van der Waals surface area contributed by atoms with Crippen molar-refractivity contribution in [1.29, 1.82) is 0 Å². The summed E-state index contributed by atoms with van der Waals surface area (Å²) in [5.41, 5.74) is 0. The summed E-state index contributed by atoms with van der Waals surface area (Å²) in [4.78, 5) is 0. The monoisotopic (exact) mass is 116 g/mol. The summed E-state index contributed by atoms with van der Waals surface area (Å²) in [6, 6.07) is 0. The molecule has 0 fully saturated rings. The van der Waals surface area contributed by atoms with E-state index in [9.17, 15) is 8.78 Å². The van der Waals surface area contributed by atoms with Crippen molar-refractivity contribution in [3.63, 3.8) is 0 Å². The van der Waals surface area contributed by atoms with Gasteiger partial charge in [0.25, 0.3) is 6.30 Å². The number of rotatable bonds is 0. The Hall–Kier alpha value is -0.860. The van der Waals surface area contributed by atoms with Crippen LogP contribution in [-0.4, -0.2) is 0 Å². The molecule has 1 nitrogen and oxygen atoms in total. The molecule has 0 atom stereocenters. The summed E-state index contributed by atoms with van der Waals surface area (Å²) in [7, 11) is 0. The first-order valence-corrected chi connectivity index (χ1v) is 2.12. The van der Waals surface area contributed by atoms with Crippen LogP contribution in [-0.2, 0) is 0 Å². The van der Waals surface area contributed by atoms with Gasteiger partial charge in [-0.3, -0.25) is 0 Å². The Bertz CT molecular complexity index is 139. The summed E-state index contributed by atoms with van der Waals surface area (Å²) in [6.45, 7) is 0. The van der Waals surface area contributed by atoms with Crippen molar-refractivity contribution in [3.8, 4) is 0 Å². The second kappa shape index (κ2) is 1.94. The molecule has 1 rings (SSSR count). The third-order valence-electron chi connectivity index (χ3n) is 0.737. The molecule has 0 spiro atoms. The predicted octanol–water partition coefficient (Wildman–Crippen LogP) is 1.42. The molecular weight excluding hydrogens is 112 g/mol. The minimum atomic E-state index is -0.536. The highest BCUT2D eigenvalue weighted by atomic mass is 19.1. The zero-order valence-electron chi connectivity index (χ0n) is 3.99. The van der Waals surface area contributed by atoms with Crippen LogP contribution in [0.1, 0.15) is 0 Å². The third-order valence-corrected chi connectivity index (χ3v) is 0.737. The van der Waals surface area contributed by atoms with Gasteiger partial charge in [-0.1, -0.05) is 0 Å². The molecule has 8 heavy (non-hydrogen) atoms. The molecule has 0 unspecified atom stereocenters. The maximum Gasteiger partial charge on any atom is 0.256 e. The standard InChI is InChI=1S/C5H4F2N/c6-4-1-2-5(7)8-3-4/h1-3,8H. The van der Waals surface area contributed by atoms with E-state index in [0.29, 0.717) is 0 Å². The first-order valence-electron chi connectivity index (χ1n) is 2.12. The molecule has 0 amide bonds. The molecule has 3 heteroatoms. The summed E-state index contributed by atoms with van der Waals surface area (Å²) in [5.74, 6) is -0.466. The summed E-state index contributed by atoms with van der Waals surface area (Å²) < 4.78 is 23.8.